The molecule has 0 heterocycles. The number of hydrogen-bond donors (Lipinski definition) is 0. The number of esters is 1. The van der Waals surface area contributed by atoms with E-state index in [9.17, 15) is 14.9 Å². The van der Waals surface area contributed by atoms with Crippen LogP contribution in [0.1, 0.15) is 59.3 Å². The summed E-state index contributed by atoms with van der Waals surface area (Å²) in [7, 11) is 0. The Kier molecular flexibility index (Phi) is 8.36. The Hall–Kier alpha value is -1.13. The Morgan fingerprint density at radius 3 is 2.35 bits per heavy atom. The van der Waals surface area contributed by atoms with Crippen molar-refractivity contribution in [3.05, 3.63) is 10.1 Å². The van der Waals surface area contributed by atoms with Crippen molar-refractivity contribution in [2.45, 2.75) is 71.4 Å². The third-order valence-corrected chi connectivity index (χ3v) is 2.78. The van der Waals surface area contributed by atoms with E-state index in [1.165, 1.54) is 26.7 Å². The van der Waals surface area contributed by atoms with Crippen LogP contribution in [-0.4, -0.2) is 23.0 Å². The van der Waals surface area contributed by atoms with E-state index in [1.807, 2.05) is 0 Å². The summed E-state index contributed by atoms with van der Waals surface area (Å²) in [5.74, 6) is -0.447. The first-order valence-electron chi connectivity index (χ1n) is 6.29. The van der Waals surface area contributed by atoms with Crippen molar-refractivity contribution in [3.63, 3.8) is 0 Å². The topological polar surface area (TPSA) is 69.4 Å². The molecule has 0 aromatic carbocycles. The Labute approximate surface area is 103 Å². The second kappa shape index (κ2) is 8.96. The molecule has 0 N–H and O–H groups in total. The molecule has 0 aliphatic rings. The van der Waals surface area contributed by atoms with E-state index in [1.54, 1.807) is 0 Å². The Bertz CT molecular complexity index is 243. The number of rotatable bonds is 9. The Morgan fingerprint density at radius 2 is 1.88 bits per heavy atom. The first kappa shape index (κ1) is 15.9. The van der Waals surface area contributed by atoms with E-state index in [-0.39, 0.29) is 4.92 Å². The molecule has 0 radical (unpaired) electrons. The number of ether oxygens (including phenoxy) is 1. The maximum absolute atomic E-state index is 10.9. The van der Waals surface area contributed by atoms with Gasteiger partial charge in [-0.1, -0.05) is 32.6 Å². The zero-order valence-electron chi connectivity index (χ0n) is 11.0. The maximum atomic E-state index is 10.9. The lowest BCUT2D eigenvalue weighted by molar-refractivity contribution is -0.529. The molecule has 5 heteroatoms. The van der Waals surface area contributed by atoms with Crippen LogP contribution in [0.5, 0.6) is 0 Å². The van der Waals surface area contributed by atoms with Crippen LogP contribution in [0.4, 0.5) is 0 Å². The third-order valence-electron chi connectivity index (χ3n) is 2.78. The van der Waals surface area contributed by atoms with Crippen molar-refractivity contribution in [1.29, 1.82) is 0 Å². The third kappa shape index (κ3) is 7.71. The summed E-state index contributed by atoms with van der Waals surface area (Å²) in [6.07, 6.45) is 5.37. The summed E-state index contributed by atoms with van der Waals surface area (Å²) < 4.78 is 5.00. The molecule has 2 unspecified atom stereocenters. The van der Waals surface area contributed by atoms with Gasteiger partial charge in [-0.15, -0.1) is 0 Å². The summed E-state index contributed by atoms with van der Waals surface area (Å²) in [5.41, 5.74) is 0. The first-order valence-corrected chi connectivity index (χ1v) is 6.29. The highest BCUT2D eigenvalue weighted by Crippen LogP contribution is 2.14. The lowest BCUT2D eigenvalue weighted by Gasteiger charge is -2.17. The highest BCUT2D eigenvalue weighted by Gasteiger charge is 2.28. The standard InChI is InChI=1S/C12H23NO4/c1-4-5-6-7-8-9-12(17-11(3)14)10(2)13(15)16/h10,12H,4-9H2,1-3H3. The maximum Gasteiger partial charge on any atom is 0.303 e. The zero-order valence-corrected chi connectivity index (χ0v) is 11.0. The molecule has 0 saturated heterocycles. The number of nitro groups is 1. The lowest BCUT2D eigenvalue weighted by atomic mass is 10.0. The molecule has 0 saturated carbocycles. The molecule has 0 spiro atoms. The fraction of sp³-hybridized carbons (Fsp3) is 0.917. The van der Waals surface area contributed by atoms with Crippen molar-refractivity contribution in [2.75, 3.05) is 0 Å². The summed E-state index contributed by atoms with van der Waals surface area (Å²) >= 11 is 0. The molecule has 0 aliphatic heterocycles. The highest BCUT2D eigenvalue weighted by molar-refractivity contribution is 5.66. The van der Waals surface area contributed by atoms with Gasteiger partial charge in [-0.05, 0) is 12.8 Å². The van der Waals surface area contributed by atoms with Gasteiger partial charge in [0.15, 0.2) is 6.10 Å². The molecule has 100 valence electrons. The fourth-order valence-electron chi connectivity index (χ4n) is 1.70. The molecule has 2 atom stereocenters. The predicted molar refractivity (Wildman–Crippen MR) is 65.4 cm³/mol. The molecule has 0 amide bonds. The molecule has 0 bridgehead atoms. The molecule has 0 aromatic heterocycles. The summed E-state index contributed by atoms with van der Waals surface area (Å²) in [6.45, 7) is 4.91. The van der Waals surface area contributed by atoms with Crippen LogP contribution < -0.4 is 0 Å². The Balaban J connectivity index is 4.02. The molecule has 5 nitrogen and oxygen atoms in total. The second-order valence-corrected chi connectivity index (χ2v) is 4.38. The van der Waals surface area contributed by atoms with Crippen LogP contribution in [0.25, 0.3) is 0 Å². The normalized spacial score (nSPS) is 14.1. The van der Waals surface area contributed by atoms with Gasteiger partial charge < -0.3 is 4.74 Å². The molecule has 0 aliphatic carbocycles. The van der Waals surface area contributed by atoms with Crippen LogP contribution in [0.2, 0.25) is 0 Å². The van der Waals surface area contributed by atoms with E-state index in [4.69, 9.17) is 4.74 Å². The quantitative estimate of drug-likeness (QED) is 0.271. The van der Waals surface area contributed by atoms with Gasteiger partial charge in [0.25, 0.3) is 0 Å². The van der Waals surface area contributed by atoms with E-state index in [0.717, 1.165) is 19.3 Å². The van der Waals surface area contributed by atoms with E-state index < -0.39 is 18.1 Å². The van der Waals surface area contributed by atoms with Gasteiger partial charge in [-0.25, -0.2) is 0 Å². The molecule has 0 aromatic rings. The number of unbranched alkanes of at least 4 members (excludes halogenated alkanes) is 4. The van der Waals surface area contributed by atoms with Crippen molar-refractivity contribution >= 4 is 5.97 Å². The van der Waals surface area contributed by atoms with Crippen LogP contribution in [-0.2, 0) is 9.53 Å². The molecule has 17 heavy (non-hydrogen) atoms. The summed E-state index contributed by atoms with van der Waals surface area (Å²) in [4.78, 5) is 21.2. The minimum atomic E-state index is -0.829. The zero-order chi connectivity index (χ0) is 13.3. The van der Waals surface area contributed by atoms with Crippen LogP contribution in [0, 0.1) is 10.1 Å². The van der Waals surface area contributed by atoms with Crippen LogP contribution in [0.15, 0.2) is 0 Å². The SMILES string of the molecule is CCCCCCCC(OC(C)=O)C(C)[N+](=O)[O-]. The van der Waals surface area contributed by atoms with Gasteiger partial charge in [-0.2, -0.15) is 0 Å². The van der Waals surface area contributed by atoms with Crippen molar-refractivity contribution in [1.82, 2.24) is 0 Å². The van der Waals surface area contributed by atoms with E-state index in [0.29, 0.717) is 6.42 Å². The van der Waals surface area contributed by atoms with Gasteiger partial charge >= 0.3 is 5.97 Å². The smallest absolute Gasteiger partial charge is 0.303 e. The summed E-state index contributed by atoms with van der Waals surface area (Å²) in [6, 6.07) is -0.829. The number of nitrogens with zero attached hydrogens (tertiary/aromatic N) is 1. The monoisotopic (exact) mass is 245 g/mol. The number of hydrogen-bond acceptors (Lipinski definition) is 4. The largest absolute Gasteiger partial charge is 0.455 e. The van der Waals surface area contributed by atoms with E-state index in [2.05, 4.69) is 6.92 Å². The van der Waals surface area contributed by atoms with Gasteiger partial charge in [0.1, 0.15) is 0 Å². The average molecular weight is 245 g/mol. The van der Waals surface area contributed by atoms with E-state index >= 15 is 0 Å². The number of carbonyl (C=O) groups is 1. The predicted octanol–water partition coefficient (Wildman–Crippen LogP) is 2.94. The second-order valence-electron chi connectivity index (χ2n) is 4.38. The van der Waals surface area contributed by atoms with Crippen LogP contribution in [0.3, 0.4) is 0 Å². The van der Waals surface area contributed by atoms with Crippen molar-refractivity contribution in [3.8, 4) is 0 Å². The van der Waals surface area contributed by atoms with Gasteiger partial charge in [-0.3, -0.25) is 14.9 Å². The first-order chi connectivity index (χ1) is 7.99. The lowest BCUT2D eigenvalue weighted by Crippen LogP contribution is -2.34. The van der Waals surface area contributed by atoms with Crippen molar-refractivity contribution in [2.24, 2.45) is 0 Å². The number of carbonyl (C=O) groups excluding carboxylic acids is 1. The van der Waals surface area contributed by atoms with Crippen molar-refractivity contribution < 1.29 is 14.5 Å². The molecular weight excluding hydrogens is 222 g/mol. The van der Waals surface area contributed by atoms with Crippen LogP contribution >= 0.6 is 0 Å². The molecule has 0 rings (SSSR count). The summed E-state index contributed by atoms with van der Waals surface area (Å²) in [5, 5.41) is 10.7. The fourth-order valence-corrected chi connectivity index (χ4v) is 1.70. The minimum Gasteiger partial charge on any atom is -0.455 e. The van der Waals surface area contributed by atoms with Gasteiger partial charge in [0, 0.05) is 18.8 Å². The molecular formula is C12H23NO4. The highest BCUT2D eigenvalue weighted by atomic mass is 16.6. The van der Waals surface area contributed by atoms with Gasteiger partial charge in [0.2, 0.25) is 6.04 Å². The average Bonchev–Trinajstić information content (AvgIpc) is 2.25. The Morgan fingerprint density at radius 1 is 1.29 bits per heavy atom. The van der Waals surface area contributed by atoms with Gasteiger partial charge in [0.05, 0.1) is 0 Å². The minimum absolute atomic E-state index is 0.389. The molecule has 0 fully saturated rings.